The van der Waals surface area contributed by atoms with Crippen molar-refractivity contribution < 1.29 is 0 Å². The summed E-state index contributed by atoms with van der Waals surface area (Å²) < 4.78 is 1.91. The van der Waals surface area contributed by atoms with E-state index in [0.29, 0.717) is 5.11 Å². The normalized spacial score (nSPS) is 10.1. The SMILES string of the molecule is Cc1cc(C)c(-c2cccc(Br)c2N=C=S)c(C)c1.Cc1cc(C)c(-c2cccc(Br)c2NC(=S)Nc2ccccc2)c(C)c1.Nc1ccccc1. The van der Waals surface area contributed by atoms with Crippen LogP contribution in [0.25, 0.3) is 22.3 Å². The monoisotopic (exact) mass is 848 g/mol. The van der Waals surface area contributed by atoms with Gasteiger partial charge in [0.25, 0.3) is 0 Å². The molecule has 264 valence electrons. The molecule has 0 spiro atoms. The standard InChI is InChI=1S/C22H21BrN2S.C16H14BrNS.C6H7N/c1-14-12-15(2)20(16(3)13-14)18-10-7-11-19(23)21(18)25-22(26)24-17-8-5-4-6-9-17;1-10-7-11(2)15(12(3)8-10)13-5-4-6-14(17)16(13)18-9-19;7-6-4-2-1-3-5-6/h4-13H,1-3H3,(H2,24,25,26);4-8H,1-3H3;1-5H,7H2. The van der Waals surface area contributed by atoms with Gasteiger partial charge in [0.15, 0.2) is 5.11 Å². The van der Waals surface area contributed by atoms with E-state index in [9.17, 15) is 0 Å². The third-order valence-electron chi connectivity index (χ3n) is 8.12. The Morgan fingerprint density at radius 2 is 1.06 bits per heavy atom. The van der Waals surface area contributed by atoms with E-state index in [1.54, 1.807) is 0 Å². The summed E-state index contributed by atoms with van der Waals surface area (Å²) in [6.45, 7) is 12.8. The van der Waals surface area contributed by atoms with Gasteiger partial charge in [-0.15, -0.1) is 0 Å². The number of halogens is 2. The molecule has 0 fully saturated rings. The Morgan fingerprint density at radius 1 is 0.596 bits per heavy atom. The number of anilines is 3. The molecule has 0 aliphatic heterocycles. The summed E-state index contributed by atoms with van der Waals surface area (Å²) in [4.78, 5) is 4.21. The van der Waals surface area contributed by atoms with E-state index < -0.39 is 0 Å². The number of hydrogen-bond acceptors (Lipinski definition) is 4. The molecule has 0 unspecified atom stereocenters. The van der Waals surface area contributed by atoms with Crippen molar-refractivity contribution >= 4 is 89.3 Å². The van der Waals surface area contributed by atoms with Gasteiger partial charge in [0.2, 0.25) is 0 Å². The predicted octanol–water partition coefficient (Wildman–Crippen LogP) is 13.9. The maximum Gasteiger partial charge on any atom is 0.175 e. The number of nitrogens with two attached hydrogens (primary N) is 1. The van der Waals surface area contributed by atoms with E-state index in [-0.39, 0.29) is 0 Å². The first-order valence-electron chi connectivity index (χ1n) is 16.6. The summed E-state index contributed by atoms with van der Waals surface area (Å²) in [7, 11) is 0. The van der Waals surface area contributed by atoms with Gasteiger partial charge in [-0.25, -0.2) is 0 Å². The topological polar surface area (TPSA) is 62.4 Å². The van der Waals surface area contributed by atoms with Crippen LogP contribution in [-0.4, -0.2) is 10.3 Å². The second-order valence-electron chi connectivity index (χ2n) is 12.4. The lowest BCUT2D eigenvalue weighted by molar-refractivity contribution is 1.31. The molecule has 0 saturated heterocycles. The number of aliphatic imine (C=N–C) groups is 1. The minimum absolute atomic E-state index is 0.562. The summed E-state index contributed by atoms with van der Waals surface area (Å²) in [5.74, 6) is 0. The van der Waals surface area contributed by atoms with Crippen molar-refractivity contribution in [2.24, 2.45) is 4.99 Å². The molecule has 0 atom stereocenters. The fourth-order valence-corrected chi connectivity index (χ4v) is 7.43. The Labute approximate surface area is 335 Å². The molecule has 0 saturated carbocycles. The van der Waals surface area contributed by atoms with Crippen molar-refractivity contribution in [1.82, 2.24) is 0 Å². The van der Waals surface area contributed by atoms with Crippen LogP contribution in [0.5, 0.6) is 0 Å². The number of nitrogens with one attached hydrogen (secondary N) is 2. The fraction of sp³-hybridized carbons (Fsp3) is 0.136. The third-order valence-corrected chi connectivity index (χ3v) is 9.72. The molecule has 4 nitrogen and oxygen atoms in total. The third kappa shape index (κ3) is 11.0. The second kappa shape index (κ2) is 19.4. The highest BCUT2D eigenvalue weighted by Crippen LogP contribution is 2.40. The molecule has 0 heterocycles. The molecule has 6 aromatic carbocycles. The lowest BCUT2D eigenvalue weighted by Gasteiger charge is -2.19. The largest absolute Gasteiger partial charge is 0.399 e. The van der Waals surface area contributed by atoms with Gasteiger partial charge in [-0.1, -0.05) is 96.1 Å². The lowest BCUT2D eigenvalue weighted by Crippen LogP contribution is -2.19. The number of rotatable bonds is 5. The first-order chi connectivity index (χ1) is 24.9. The maximum absolute atomic E-state index is 5.53. The van der Waals surface area contributed by atoms with Crippen molar-refractivity contribution in [3.8, 4) is 22.3 Å². The summed E-state index contributed by atoms with van der Waals surface area (Å²) in [6, 6.07) is 40.5. The Kier molecular flexibility index (Phi) is 15.1. The van der Waals surface area contributed by atoms with Crippen molar-refractivity contribution in [1.29, 1.82) is 0 Å². The zero-order chi connectivity index (χ0) is 37.8. The van der Waals surface area contributed by atoms with E-state index in [1.807, 2.05) is 78.9 Å². The van der Waals surface area contributed by atoms with Crippen LogP contribution in [0.3, 0.4) is 0 Å². The highest BCUT2D eigenvalue weighted by Gasteiger charge is 2.15. The number of para-hydroxylation sites is 4. The van der Waals surface area contributed by atoms with Crippen LogP contribution < -0.4 is 16.4 Å². The van der Waals surface area contributed by atoms with E-state index in [0.717, 1.165) is 42.8 Å². The van der Waals surface area contributed by atoms with E-state index >= 15 is 0 Å². The Balaban J connectivity index is 0.000000202. The molecule has 0 aliphatic carbocycles. The van der Waals surface area contributed by atoms with Gasteiger partial charge < -0.3 is 16.4 Å². The molecular weight excluding hydrogens is 808 g/mol. The summed E-state index contributed by atoms with van der Waals surface area (Å²) in [5.41, 5.74) is 21.2. The number of thiocarbonyl (C=S) groups is 2. The van der Waals surface area contributed by atoms with Crippen LogP contribution >= 0.6 is 56.3 Å². The van der Waals surface area contributed by atoms with Gasteiger partial charge in [-0.3, -0.25) is 0 Å². The quantitative estimate of drug-likeness (QED) is 0.0916. The van der Waals surface area contributed by atoms with Crippen LogP contribution in [0.15, 0.2) is 135 Å². The van der Waals surface area contributed by atoms with Crippen molar-refractivity contribution in [3.63, 3.8) is 0 Å². The van der Waals surface area contributed by atoms with Crippen molar-refractivity contribution in [2.75, 3.05) is 16.4 Å². The molecule has 6 rings (SSSR count). The Hall–Kier alpha value is -4.43. The van der Waals surface area contributed by atoms with Gasteiger partial charge in [0, 0.05) is 31.4 Å². The number of aryl methyl sites for hydroxylation is 6. The van der Waals surface area contributed by atoms with Gasteiger partial charge in [0.05, 0.1) is 16.5 Å². The first-order valence-corrected chi connectivity index (χ1v) is 19.0. The average Bonchev–Trinajstić information content (AvgIpc) is 3.08. The first kappa shape index (κ1) is 40.3. The number of nitrogen functional groups attached to an aromatic ring is 1. The zero-order valence-corrected chi connectivity index (χ0v) is 34.9. The van der Waals surface area contributed by atoms with Gasteiger partial charge in [-0.2, -0.15) is 4.99 Å². The minimum atomic E-state index is 0.562. The van der Waals surface area contributed by atoms with Gasteiger partial charge >= 0.3 is 0 Å². The summed E-state index contributed by atoms with van der Waals surface area (Å²) in [5, 5.41) is 9.63. The van der Waals surface area contributed by atoms with E-state index in [4.69, 9.17) is 30.2 Å². The molecule has 4 N–H and O–H groups in total. The molecule has 6 aromatic rings. The van der Waals surface area contributed by atoms with E-state index in [2.05, 4.69) is 137 Å². The van der Waals surface area contributed by atoms with Crippen LogP contribution in [-0.2, 0) is 0 Å². The average molecular weight is 851 g/mol. The number of benzene rings is 6. The highest BCUT2D eigenvalue weighted by molar-refractivity contribution is 9.11. The van der Waals surface area contributed by atoms with Crippen LogP contribution in [0.1, 0.15) is 33.4 Å². The van der Waals surface area contributed by atoms with Crippen LogP contribution in [0.4, 0.5) is 22.7 Å². The molecule has 0 aliphatic rings. The summed E-state index contributed by atoms with van der Waals surface area (Å²) in [6.07, 6.45) is 0. The van der Waals surface area contributed by atoms with Crippen molar-refractivity contribution in [3.05, 3.63) is 164 Å². The lowest BCUT2D eigenvalue weighted by atomic mass is 9.93. The minimum Gasteiger partial charge on any atom is -0.399 e. The molecule has 0 radical (unpaired) electrons. The van der Waals surface area contributed by atoms with Crippen LogP contribution in [0.2, 0.25) is 0 Å². The molecule has 0 amide bonds. The maximum atomic E-state index is 5.53. The summed E-state index contributed by atoms with van der Waals surface area (Å²) >= 11 is 17.5. The number of hydrogen-bond donors (Lipinski definition) is 3. The van der Waals surface area contributed by atoms with E-state index in [1.165, 1.54) is 44.5 Å². The fourth-order valence-electron chi connectivity index (χ4n) is 6.20. The Bertz CT molecular complexity index is 2170. The van der Waals surface area contributed by atoms with Gasteiger partial charge in [0.1, 0.15) is 0 Å². The molecular formula is C44H42Br2N4S2. The molecule has 52 heavy (non-hydrogen) atoms. The highest BCUT2D eigenvalue weighted by atomic mass is 79.9. The number of isothiocyanates is 1. The zero-order valence-electron chi connectivity index (χ0n) is 30.1. The van der Waals surface area contributed by atoms with Crippen molar-refractivity contribution in [2.45, 2.75) is 41.5 Å². The molecule has 0 aromatic heterocycles. The number of nitrogens with zero attached hydrogens (tertiary/aromatic N) is 1. The van der Waals surface area contributed by atoms with Crippen LogP contribution in [0, 0.1) is 41.5 Å². The van der Waals surface area contributed by atoms with Gasteiger partial charge in [-0.05, 0) is 168 Å². The molecule has 0 bridgehead atoms. The molecule has 8 heteroatoms. The second-order valence-corrected chi connectivity index (χ2v) is 14.7. The predicted molar refractivity (Wildman–Crippen MR) is 239 cm³/mol. The smallest absolute Gasteiger partial charge is 0.175 e. The Morgan fingerprint density at radius 3 is 1.54 bits per heavy atom.